The number of rotatable bonds is 3. The molecule has 4 heteroatoms. The lowest BCUT2D eigenvalue weighted by molar-refractivity contribution is -0.429. The molecule has 1 saturated carbocycles. The zero-order valence-electron chi connectivity index (χ0n) is 10.6. The van der Waals surface area contributed by atoms with Crippen LogP contribution in [0.1, 0.15) is 40.0 Å². The molecule has 0 bridgehead atoms. The molecule has 1 unspecified atom stereocenters. The lowest BCUT2D eigenvalue weighted by Gasteiger charge is -2.29. The quantitative estimate of drug-likeness (QED) is 0.559. The van der Waals surface area contributed by atoms with E-state index >= 15 is 0 Å². The second kappa shape index (κ2) is 4.17. The highest BCUT2D eigenvalue weighted by Crippen LogP contribution is 2.38. The molecule has 0 amide bonds. The monoisotopic (exact) mass is 237 g/mol. The van der Waals surface area contributed by atoms with E-state index < -0.39 is 0 Å². The Morgan fingerprint density at radius 1 is 1.41 bits per heavy atom. The van der Waals surface area contributed by atoms with Crippen LogP contribution < -0.4 is 0 Å². The Morgan fingerprint density at radius 3 is 2.53 bits per heavy atom. The van der Waals surface area contributed by atoms with E-state index in [1.807, 2.05) is 6.08 Å². The smallest absolute Gasteiger partial charge is 0.250 e. The Kier molecular flexibility index (Phi) is 2.98. The van der Waals surface area contributed by atoms with Crippen LogP contribution in [0, 0.1) is 21.4 Å². The highest BCUT2D eigenvalue weighted by Gasteiger charge is 2.33. The SMILES string of the molecule is CC(C)(C)C1C=C(OC2CC2)C=C([N+](=O)[O-])C1. The number of ether oxygens (including phenoxy) is 1. The van der Waals surface area contributed by atoms with E-state index in [2.05, 4.69) is 20.8 Å². The van der Waals surface area contributed by atoms with Crippen molar-refractivity contribution < 1.29 is 9.66 Å². The van der Waals surface area contributed by atoms with E-state index in [1.54, 1.807) is 6.08 Å². The fraction of sp³-hybridized carbons (Fsp3) is 0.692. The highest BCUT2D eigenvalue weighted by molar-refractivity contribution is 5.23. The number of nitrogens with zero attached hydrogens (tertiary/aromatic N) is 1. The molecule has 0 spiro atoms. The molecule has 94 valence electrons. The summed E-state index contributed by atoms with van der Waals surface area (Å²) in [4.78, 5) is 10.6. The maximum atomic E-state index is 10.9. The van der Waals surface area contributed by atoms with E-state index in [9.17, 15) is 10.1 Å². The molecule has 0 saturated heterocycles. The van der Waals surface area contributed by atoms with Gasteiger partial charge in [0.2, 0.25) is 0 Å². The summed E-state index contributed by atoms with van der Waals surface area (Å²) in [5, 5.41) is 10.9. The summed E-state index contributed by atoms with van der Waals surface area (Å²) in [6.07, 6.45) is 6.54. The van der Waals surface area contributed by atoms with Crippen molar-refractivity contribution in [1.29, 1.82) is 0 Å². The Labute approximate surface area is 101 Å². The average molecular weight is 237 g/mol. The summed E-state index contributed by atoms with van der Waals surface area (Å²) in [5.74, 6) is 0.854. The van der Waals surface area contributed by atoms with E-state index in [4.69, 9.17) is 4.74 Å². The standard InChI is InChI=1S/C13H19NO3/c1-13(2,3)9-6-10(14(15)16)8-12(7-9)17-11-4-5-11/h7-9,11H,4-6H2,1-3H3. The van der Waals surface area contributed by atoms with Gasteiger partial charge < -0.3 is 4.74 Å². The average Bonchev–Trinajstić information content (AvgIpc) is 2.99. The first-order valence-electron chi connectivity index (χ1n) is 6.09. The van der Waals surface area contributed by atoms with Crippen molar-refractivity contribution in [3.8, 4) is 0 Å². The highest BCUT2D eigenvalue weighted by atomic mass is 16.6. The maximum Gasteiger partial charge on any atom is 0.250 e. The third-order valence-electron chi connectivity index (χ3n) is 3.28. The molecule has 0 aliphatic heterocycles. The van der Waals surface area contributed by atoms with Crippen LogP contribution in [-0.2, 0) is 4.74 Å². The van der Waals surface area contributed by atoms with E-state index in [1.165, 1.54) is 0 Å². The van der Waals surface area contributed by atoms with Crippen molar-refractivity contribution in [3.63, 3.8) is 0 Å². The summed E-state index contributed by atoms with van der Waals surface area (Å²) in [7, 11) is 0. The summed E-state index contributed by atoms with van der Waals surface area (Å²) in [5.41, 5.74) is 0.288. The Balaban J connectivity index is 2.19. The first-order valence-corrected chi connectivity index (χ1v) is 6.09. The first-order chi connectivity index (χ1) is 7.86. The van der Waals surface area contributed by atoms with Gasteiger partial charge >= 0.3 is 0 Å². The van der Waals surface area contributed by atoms with E-state index in [0.717, 1.165) is 12.8 Å². The number of nitro groups is 1. The molecule has 0 aromatic heterocycles. The zero-order chi connectivity index (χ0) is 12.6. The lowest BCUT2D eigenvalue weighted by atomic mass is 9.76. The van der Waals surface area contributed by atoms with Gasteiger partial charge in [0.15, 0.2) is 0 Å². The minimum Gasteiger partial charge on any atom is -0.491 e. The largest absolute Gasteiger partial charge is 0.491 e. The fourth-order valence-electron chi connectivity index (χ4n) is 1.89. The normalized spacial score (nSPS) is 25.0. The summed E-state index contributed by atoms with van der Waals surface area (Å²) < 4.78 is 5.69. The molecule has 0 radical (unpaired) electrons. The van der Waals surface area contributed by atoms with Gasteiger partial charge in [-0.25, -0.2) is 0 Å². The van der Waals surface area contributed by atoms with Gasteiger partial charge in [0.25, 0.3) is 5.70 Å². The molecule has 1 atom stereocenters. The van der Waals surface area contributed by atoms with Crippen LogP contribution in [0.5, 0.6) is 0 Å². The van der Waals surface area contributed by atoms with Gasteiger partial charge in [-0.15, -0.1) is 0 Å². The summed E-state index contributed by atoms with van der Waals surface area (Å²) >= 11 is 0. The van der Waals surface area contributed by atoms with Crippen molar-refractivity contribution in [1.82, 2.24) is 0 Å². The van der Waals surface area contributed by atoms with Crippen molar-refractivity contribution in [2.75, 3.05) is 0 Å². The van der Waals surface area contributed by atoms with Crippen molar-refractivity contribution >= 4 is 0 Å². The molecular weight excluding hydrogens is 218 g/mol. The maximum absolute atomic E-state index is 10.9. The predicted molar refractivity (Wildman–Crippen MR) is 64.8 cm³/mol. The van der Waals surface area contributed by atoms with Crippen LogP contribution >= 0.6 is 0 Å². The van der Waals surface area contributed by atoms with Crippen LogP contribution in [0.15, 0.2) is 23.6 Å². The predicted octanol–water partition coefficient (Wildman–Crippen LogP) is 3.28. The molecule has 2 aliphatic carbocycles. The van der Waals surface area contributed by atoms with Gasteiger partial charge in [0, 0.05) is 6.42 Å². The second-order valence-corrected chi connectivity index (χ2v) is 5.96. The zero-order valence-corrected chi connectivity index (χ0v) is 10.6. The number of hydrogen-bond donors (Lipinski definition) is 0. The molecule has 0 aromatic rings. The minimum atomic E-state index is -0.290. The van der Waals surface area contributed by atoms with E-state index in [0.29, 0.717) is 12.2 Å². The topological polar surface area (TPSA) is 52.4 Å². The van der Waals surface area contributed by atoms with Gasteiger partial charge in [-0.3, -0.25) is 10.1 Å². The summed E-state index contributed by atoms with van der Waals surface area (Å²) in [6.45, 7) is 6.31. The van der Waals surface area contributed by atoms with Crippen LogP contribution in [0.25, 0.3) is 0 Å². The molecule has 2 rings (SSSR count). The second-order valence-electron chi connectivity index (χ2n) is 5.96. The Bertz CT molecular complexity index is 386. The van der Waals surface area contributed by atoms with E-state index in [-0.39, 0.29) is 28.1 Å². The van der Waals surface area contributed by atoms with Crippen LogP contribution in [0.3, 0.4) is 0 Å². The Morgan fingerprint density at radius 2 is 2.06 bits per heavy atom. The van der Waals surface area contributed by atoms with Crippen molar-refractivity contribution in [2.24, 2.45) is 11.3 Å². The molecule has 17 heavy (non-hydrogen) atoms. The molecule has 0 aromatic carbocycles. The third-order valence-corrected chi connectivity index (χ3v) is 3.28. The molecular formula is C13H19NO3. The molecule has 0 N–H and O–H groups in total. The Hall–Kier alpha value is -1.32. The lowest BCUT2D eigenvalue weighted by Crippen LogP contribution is -2.23. The van der Waals surface area contributed by atoms with Gasteiger partial charge in [0.1, 0.15) is 5.76 Å². The van der Waals surface area contributed by atoms with Gasteiger partial charge in [-0.2, -0.15) is 0 Å². The molecule has 2 aliphatic rings. The fourth-order valence-corrected chi connectivity index (χ4v) is 1.89. The van der Waals surface area contributed by atoms with Crippen molar-refractivity contribution in [3.05, 3.63) is 33.7 Å². The third kappa shape index (κ3) is 3.08. The van der Waals surface area contributed by atoms with Gasteiger partial charge in [-0.05, 0) is 30.3 Å². The molecule has 0 heterocycles. The number of allylic oxidation sites excluding steroid dienone is 3. The van der Waals surface area contributed by atoms with Gasteiger partial charge in [-0.1, -0.05) is 20.8 Å². The van der Waals surface area contributed by atoms with Crippen LogP contribution in [0.4, 0.5) is 0 Å². The number of hydrogen-bond acceptors (Lipinski definition) is 3. The van der Waals surface area contributed by atoms with Crippen LogP contribution in [0.2, 0.25) is 0 Å². The first kappa shape index (κ1) is 12.1. The molecule has 4 nitrogen and oxygen atoms in total. The van der Waals surface area contributed by atoms with Gasteiger partial charge in [0.05, 0.1) is 17.1 Å². The van der Waals surface area contributed by atoms with Crippen LogP contribution in [-0.4, -0.2) is 11.0 Å². The summed E-state index contributed by atoms with van der Waals surface area (Å²) in [6, 6.07) is 0. The molecule has 1 fully saturated rings. The minimum absolute atomic E-state index is 0.0215. The van der Waals surface area contributed by atoms with Crippen molar-refractivity contribution in [2.45, 2.75) is 46.1 Å².